The Hall–Kier alpha value is -4.12. The van der Waals surface area contributed by atoms with E-state index >= 15 is 0 Å². The van der Waals surface area contributed by atoms with E-state index in [1.807, 2.05) is 54.6 Å². The van der Waals surface area contributed by atoms with Crippen LogP contribution in [0.1, 0.15) is 20.7 Å². The summed E-state index contributed by atoms with van der Waals surface area (Å²) in [6, 6.07) is 27.4. The molecular formula is C25H20N2O3. The fourth-order valence-corrected chi connectivity index (χ4v) is 3.23. The van der Waals surface area contributed by atoms with E-state index in [0.717, 1.165) is 10.8 Å². The quantitative estimate of drug-likeness (QED) is 0.478. The molecule has 5 heteroatoms. The van der Waals surface area contributed by atoms with E-state index in [9.17, 15) is 9.59 Å². The summed E-state index contributed by atoms with van der Waals surface area (Å²) in [5, 5.41) is 7.67. The Bertz CT molecular complexity index is 1220. The molecule has 0 unspecified atom stereocenters. The van der Waals surface area contributed by atoms with Crippen molar-refractivity contribution in [2.24, 2.45) is 0 Å². The molecule has 2 amide bonds. The minimum atomic E-state index is -0.288. The summed E-state index contributed by atoms with van der Waals surface area (Å²) >= 11 is 0. The molecule has 4 aromatic carbocycles. The largest absolute Gasteiger partial charge is 0.496 e. The minimum Gasteiger partial charge on any atom is -0.496 e. The number of benzene rings is 4. The van der Waals surface area contributed by atoms with Crippen molar-refractivity contribution in [2.75, 3.05) is 17.7 Å². The Morgan fingerprint density at radius 1 is 0.667 bits per heavy atom. The highest BCUT2D eigenvalue weighted by atomic mass is 16.5. The van der Waals surface area contributed by atoms with Crippen LogP contribution in [-0.2, 0) is 0 Å². The fraction of sp³-hybridized carbons (Fsp3) is 0.0400. The van der Waals surface area contributed by atoms with Crippen molar-refractivity contribution < 1.29 is 14.3 Å². The molecule has 4 aromatic rings. The molecule has 148 valence electrons. The highest BCUT2D eigenvalue weighted by molar-refractivity contribution is 6.09. The molecule has 30 heavy (non-hydrogen) atoms. The van der Waals surface area contributed by atoms with Gasteiger partial charge in [-0.25, -0.2) is 0 Å². The fourth-order valence-electron chi connectivity index (χ4n) is 3.23. The Morgan fingerprint density at radius 2 is 1.27 bits per heavy atom. The number of amides is 2. The van der Waals surface area contributed by atoms with Crippen LogP contribution in [0.5, 0.6) is 5.75 Å². The van der Waals surface area contributed by atoms with Gasteiger partial charge in [-0.15, -0.1) is 0 Å². The zero-order valence-electron chi connectivity index (χ0n) is 16.4. The summed E-state index contributed by atoms with van der Waals surface area (Å²) in [5.74, 6) is -0.000788. The number of anilines is 2. The molecule has 0 bridgehead atoms. The molecule has 0 radical (unpaired) electrons. The lowest BCUT2D eigenvalue weighted by atomic mass is 10.1. The first-order chi connectivity index (χ1) is 14.6. The van der Waals surface area contributed by atoms with Gasteiger partial charge >= 0.3 is 0 Å². The van der Waals surface area contributed by atoms with Gasteiger partial charge in [-0.3, -0.25) is 9.59 Å². The molecule has 0 aliphatic rings. The van der Waals surface area contributed by atoms with Gasteiger partial charge in [0, 0.05) is 16.9 Å². The molecule has 0 saturated heterocycles. The number of nitrogens with one attached hydrogen (secondary N) is 2. The number of hydrogen-bond acceptors (Lipinski definition) is 3. The lowest BCUT2D eigenvalue weighted by Gasteiger charge is -2.12. The van der Waals surface area contributed by atoms with Crippen LogP contribution in [0, 0.1) is 0 Å². The van der Waals surface area contributed by atoms with Crippen molar-refractivity contribution >= 4 is 34.0 Å². The third kappa shape index (κ3) is 4.15. The van der Waals surface area contributed by atoms with E-state index in [1.165, 1.54) is 0 Å². The molecule has 0 aromatic heterocycles. The van der Waals surface area contributed by atoms with E-state index in [-0.39, 0.29) is 11.8 Å². The average Bonchev–Trinajstić information content (AvgIpc) is 2.79. The average molecular weight is 396 g/mol. The van der Waals surface area contributed by atoms with Crippen LogP contribution in [0.15, 0.2) is 91.0 Å². The van der Waals surface area contributed by atoms with Crippen molar-refractivity contribution in [3.8, 4) is 5.75 Å². The minimum absolute atomic E-state index is 0.213. The number of ether oxygens (including phenoxy) is 1. The molecule has 0 aliphatic carbocycles. The molecular weight excluding hydrogens is 376 g/mol. The maximum absolute atomic E-state index is 12.9. The second kappa shape index (κ2) is 8.49. The summed E-state index contributed by atoms with van der Waals surface area (Å²) in [5.41, 5.74) is 2.16. The van der Waals surface area contributed by atoms with Gasteiger partial charge in [0.2, 0.25) is 0 Å². The summed E-state index contributed by atoms with van der Waals surface area (Å²) in [4.78, 5) is 25.3. The predicted octanol–water partition coefficient (Wildman–Crippen LogP) is 5.35. The molecule has 0 atom stereocenters. The summed E-state index contributed by atoms with van der Waals surface area (Å²) in [7, 11) is 1.54. The maximum Gasteiger partial charge on any atom is 0.259 e. The van der Waals surface area contributed by atoms with Crippen molar-refractivity contribution in [3.05, 3.63) is 102 Å². The number of carbonyl (C=O) groups excluding carboxylic acids is 2. The standard InChI is InChI=1S/C25H20N2O3/c1-30-23-15-19-11-6-5-10-18(19)14-22(23)25(29)27-21-13-7-12-20(16-21)26-24(28)17-8-3-2-4-9-17/h2-16H,1H3,(H,26,28)(H,27,29). The van der Waals surface area contributed by atoms with Crippen LogP contribution in [0.25, 0.3) is 10.8 Å². The van der Waals surface area contributed by atoms with Crippen LogP contribution >= 0.6 is 0 Å². The molecule has 0 spiro atoms. The van der Waals surface area contributed by atoms with E-state index in [0.29, 0.717) is 28.3 Å². The third-order valence-corrected chi connectivity index (χ3v) is 4.73. The molecule has 5 nitrogen and oxygen atoms in total. The monoisotopic (exact) mass is 396 g/mol. The molecule has 2 N–H and O–H groups in total. The normalized spacial score (nSPS) is 10.4. The van der Waals surface area contributed by atoms with Gasteiger partial charge in [-0.1, -0.05) is 48.5 Å². The predicted molar refractivity (Wildman–Crippen MR) is 119 cm³/mol. The first-order valence-corrected chi connectivity index (χ1v) is 9.48. The highest BCUT2D eigenvalue weighted by Crippen LogP contribution is 2.27. The third-order valence-electron chi connectivity index (χ3n) is 4.73. The molecule has 0 aliphatic heterocycles. The molecule has 4 rings (SSSR count). The second-order valence-corrected chi connectivity index (χ2v) is 6.75. The summed E-state index contributed by atoms with van der Waals surface area (Å²) < 4.78 is 5.42. The Kier molecular flexibility index (Phi) is 5.44. The lowest BCUT2D eigenvalue weighted by Crippen LogP contribution is -2.14. The molecule has 0 saturated carbocycles. The van der Waals surface area contributed by atoms with E-state index < -0.39 is 0 Å². The first kappa shape index (κ1) is 19.2. The van der Waals surface area contributed by atoms with E-state index in [1.54, 1.807) is 43.5 Å². The number of hydrogen-bond donors (Lipinski definition) is 2. The van der Waals surface area contributed by atoms with Crippen molar-refractivity contribution in [1.29, 1.82) is 0 Å². The topological polar surface area (TPSA) is 67.4 Å². The second-order valence-electron chi connectivity index (χ2n) is 6.75. The van der Waals surface area contributed by atoms with Crippen LogP contribution in [0.4, 0.5) is 11.4 Å². The first-order valence-electron chi connectivity index (χ1n) is 9.48. The van der Waals surface area contributed by atoms with Gasteiger partial charge in [0.15, 0.2) is 0 Å². The van der Waals surface area contributed by atoms with Crippen molar-refractivity contribution in [1.82, 2.24) is 0 Å². The van der Waals surface area contributed by atoms with E-state index in [2.05, 4.69) is 10.6 Å². The van der Waals surface area contributed by atoms with Gasteiger partial charge in [-0.05, 0) is 53.2 Å². The Labute approximate surface area is 174 Å². The maximum atomic E-state index is 12.9. The van der Waals surface area contributed by atoms with Crippen LogP contribution in [0.3, 0.4) is 0 Å². The number of fused-ring (bicyclic) bond motifs is 1. The zero-order chi connectivity index (χ0) is 20.9. The summed E-state index contributed by atoms with van der Waals surface area (Å²) in [6.07, 6.45) is 0. The van der Waals surface area contributed by atoms with Gasteiger partial charge in [0.25, 0.3) is 11.8 Å². The summed E-state index contributed by atoms with van der Waals surface area (Å²) in [6.45, 7) is 0. The zero-order valence-corrected chi connectivity index (χ0v) is 16.4. The van der Waals surface area contributed by atoms with Crippen LogP contribution in [-0.4, -0.2) is 18.9 Å². The Morgan fingerprint density at radius 3 is 1.93 bits per heavy atom. The van der Waals surface area contributed by atoms with Crippen LogP contribution in [0.2, 0.25) is 0 Å². The Balaban J connectivity index is 1.55. The van der Waals surface area contributed by atoms with Crippen LogP contribution < -0.4 is 15.4 Å². The van der Waals surface area contributed by atoms with Crippen molar-refractivity contribution in [3.63, 3.8) is 0 Å². The number of rotatable bonds is 5. The molecule has 0 fully saturated rings. The van der Waals surface area contributed by atoms with Gasteiger partial charge in [0.1, 0.15) is 5.75 Å². The van der Waals surface area contributed by atoms with Gasteiger partial charge in [0.05, 0.1) is 12.7 Å². The molecule has 0 heterocycles. The van der Waals surface area contributed by atoms with E-state index in [4.69, 9.17) is 4.74 Å². The lowest BCUT2D eigenvalue weighted by molar-refractivity contribution is 0.101. The smallest absolute Gasteiger partial charge is 0.259 e. The number of methoxy groups -OCH3 is 1. The van der Waals surface area contributed by atoms with Crippen molar-refractivity contribution in [2.45, 2.75) is 0 Å². The SMILES string of the molecule is COc1cc2ccccc2cc1C(=O)Nc1cccc(NC(=O)c2ccccc2)c1. The van der Waals surface area contributed by atoms with Gasteiger partial charge in [-0.2, -0.15) is 0 Å². The highest BCUT2D eigenvalue weighted by Gasteiger charge is 2.14. The number of carbonyl (C=O) groups is 2. The van der Waals surface area contributed by atoms with Gasteiger partial charge < -0.3 is 15.4 Å².